The molecule has 0 spiro atoms. The van der Waals surface area contributed by atoms with Crippen molar-refractivity contribution in [3.05, 3.63) is 45.7 Å². The molecule has 0 radical (unpaired) electrons. The SMILES string of the molecule is CCNC(=NCc1csc(C(C)C)n1)NC(C)c1ccc(OC)c(F)c1. The monoisotopic (exact) mass is 378 g/mol. The number of methoxy groups -OCH3 is 1. The Hall–Kier alpha value is -2.15. The minimum absolute atomic E-state index is 0.102. The van der Waals surface area contributed by atoms with Crippen molar-refractivity contribution in [2.24, 2.45) is 4.99 Å². The summed E-state index contributed by atoms with van der Waals surface area (Å²) >= 11 is 1.66. The number of nitrogens with one attached hydrogen (secondary N) is 2. The van der Waals surface area contributed by atoms with Gasteiger partial charge in [-0.15, -0.1) is 11.3 Å². The Morgan fingerprint density at radius 2 is 2.12 bits per heavy atom. The maximum absolute atomic E-state index is 13.9. The zero-order valence-corrected chi connectivity index (χ0v) is 16.8. The normalized spacial score (nSPS) is 13.0. The molecule has 7 heteroatoms. The Balaban J connectivity index is 2.07. The summed E-state index contributed by atoms with van der Waals surface area (Å²) in [4.78, 5) is 9.20. The van der Waals surface area contributed by atoms with Gasteiger partial charge in [-0.2, -0.15) is 0 Å². The van der Waals surface area contributed by atoms with Crippen LogP contribution in [0.3, 0.4) is 0 Å². The number of nitrogens with zero attached hydrogens (tertiary/aromatic N) is 2. The zero-order valence-electron chi connectivity index (χ0n) is 16.0. The van der Waals surface area contributed by atoms with Crippen LogP contribution in [0.2, 0.25) is 0 Å². The van der Waals surface area contributed by atoms with Crippen LogP contribution in [0.4, 0.5) is 4.39 Å². The van der Waals surface area contributed by atoms with Gasteiger partial charge in [0.2, 0.25) is 0 Å². The van der Waals surface area contributed by atoms with Crippen LogP contribution < -0.4 is 15.4 Å². The smallest absolute Gasteiger partial charge is 0.192 e. The highest BCUT2D eigenvalue weighted by molar-refractivity contribution is 7.09. The molecule has 0 saturated heterocycles. The van der Waals surface area contributed by atoms with Crippen LogP contribution in [0.15, 0.2) is 28.6 Å². The molecule has 1 aromatic heterocycles. The molecule has 1 aromatic carbocycles. The molecule has 26 heavy (non-hydrogen) atoms. The molecule has 5 nitrogen and oxygen atoms in total. The van der Waals surface area contributed by atoms with Crippen molar-refractivity contribution < 1.29 is 9.13 Å². The first-order valence-electron chi connectivity index (χ1n) is 8.77. The summed E-state index contributed by atoms with van der Waals surface area (Å²) in [6.07, 6.45) is 0. The van der Waals surface area contributed by atoms with Gasteiger partial charge in [-0.25, -0.2) is 14.4 Å². The maximum atomic E-state index is 13.9. The lowest BCUT2D eigenvalue weighted by atomic mass is 10.1. The van der Waals surface area contributed by atoms with Gasteiger partial charge in [0.05, 0.1) is 30.4 Å². The Bertz CT molecular complexity index is 745. The van der Waals surface area contributed by atoms with Gasteiger partial charge in [0, 0.05) is 17.8 Å². The zero-order chi connectivity index (χ0) is 19.1. The molecular formula is C19H27FN4OS. The average Bonchev–Trinajstić information content (AvgIpc) is 3.09. The Morgan fingerprint density at radius 1 is 1.35 bits per heavy atom. The van der Waals surface area contributed by atoms with E-state index in [1.807, 2.05) is 25.3 Å². The number of ether oxygens (including phenoxy) is 1. The van der Waals surface area contributed by atoms with Gasteiger partial charge in [0.1, 0.15) is 0 Å². The quantitative estimate of drug-likeness (QED) is 0.559. The van der Waals surface area contributed by atoms with E-state index in [0.29, 0.717) is 18.4 Å². The summed E-state index contributed by atoms with van der Waals surface area (Å²) in [5.41, 5.74) is 1.78. The second-order valence-corrected chi connectivity index (χ2v) is 7.18. The number of aliphatic imine (C=N–C) groups is 1. The van der Waals surface area contributed by atoms with Crippen LogP contribution >= 0.6 is 11.3 Å². The fraction of sp³-hybridized carbons (Fsp3) is 0.474. The number of benzene rings is 1. The van der Waals surface area contributed by atoms with E-state index in [9.17, 15) is 4.39 Å². The molecule has 2 N–H and O–H groups in total. The van der Waals surface area contributed by atoms with Gasteiger partial charge in [0.25, 0.3) is 0 Å². The fourth-order valence-corrected chi connectivity index (χ4v) is 3.21. The summed E-state index contributed by atoms with van der Waals surface area (Å²) < 4.78 is 18.9. The largest absolute Gasteiger partial charge is 0.494 e. The third kappa shape index (κ3) is 5.42. The van der Waals surface area contributed by atoms with Crippen molar-refractivity contribution in [1.29, 1.82) is 0 Å². The van der Waals surface area contributed by atoms with Gasteiger partial charge in [-0.3, -0.25) is 0 Å². The highest BCUT2D eigenvalue weighted by Gasteiger charge is 2.12. The summed E-state index contributed by atoms with van der Waals surface area (Å²) in [6, 6.07) is 4.86. The summed E-state index contributed by atoms with van der Waals surface area (Å²) in [5, 5.41) is 9.69. The molecule has 0 saturated carbocycles. The van der Waals surface area contributed by atoms with Crippen LogP contribution in [0.25, 0.3) is 0 Å². The van der Waals surface area contributed by atoms with Gasteiger partial charge in [0.15, 0.2) is 17.5 Å². The van der Waals surface area contributed by atoms with Crippen molar-refractivity contribution in [2.75, 3.05) is 13.7 Å². The number of halogens is 1. The molecule has 0 amide bonds. The average molecular weight is 379 g/mol. The molecule has 0 bridgehead atoms. The Kier molecular flexibility index (Phi) is 7.38. The molecule has 0 aliphatic carbocycles. The van der Waals surface area contributed by atoms with Crippen molar-refractivity contribution in [3.8, 4) is 5.75 Å². The number of hydrogen-bond donors (Lipinski definition) is 2. The molecule has 1 heterocycles. The first-order valence-corrected chi connectivity index (χ1v) is 9.65. The second kappa shape index (κ2) is 9.52. The minimum Gasteiger partial charge on any atom is -0.494 e. The van der Waals surface area contributed by atoms with E-state index in [0.717, 1.165) is 22.8 Å². The number of thiazole rings is 1. The predicted molar refractivity (Wildman–Crippen MR) is 106 cm³/mol. The van der Waals surface area contributed by atoms with Gasteiger partial charge >= 0.3 is 0 Å². The highest BCUT2D eigenvalue weighted by Crippen LogP contribution is 2.22. The van der Waals surface area contributed by atoms with Gasteiger partial charge in [-0.1, -0.05) is 19.9 Å². The van der Waals surface area contributed by atoms with Crippen LogP contribution in [0, 0.1) is 5.82 Å². The maximum Gasteiger partial charge on any atom is 0.192 e. The predicted octanol–water partition coefficient (Wildman–Crippen LogP) is 4.23. The van der Waals surface area contributed by atoms with Crippen LogP contribution in [0.5, 0.6) is 5.75 Å². The molecule has 1 unspecified atom stereocenters. The molecular weight excluding hydrogens is 351 g/mol. The molecule has 2 rings (SSSR count). The first kappa shape index (κ1) is 20.2. The van der Waals surface area contributed by atoms with Gasteiger partial charge in [-0.05, 0) is 31.5 Å². The molecule has 0 aliphatic rings. The van der Waals surface area contributed by atoms with Gasteiger partial charge < -0.3 is 15.4 Å². The number of rotatable bonds is 7. The van der Waals surface area contributed by atoms with Crippen LogP contribution in [-0.4, -0.2) is 24.6 Å². The minimum atomic E-state index is -0.371. The van der Waals surface area contributed by atoms with E-state index in [1.54, 1.807) is 17.4 Å². The lowest BCUT2D eigenvalue weighted by Crippen LogP contribution is -2.38. The summed E-state index contributed by atoms with van der Waals surface area (Å²) in [7, 11) is 1.46. The number of guanidine groups is 1. The van der Waals surface area contributed by atoms with E-state index < -0.39 is 0 Å². The third-order valence-corrected chi connectivity index (χ3v) is 5.03. The van der Waals surface area contributed by atoms with Crippen molar-refractivity contribution >= 4 is 17.3 Å². The Labute approximate surface area is 158 Å². The van der Waals surface area contributed by atoms with Crippen LogP contribution in [-0.2, 0) is 6.54 Å². The molecule has 1 atom stereocenters. The number of hydrogen-bond acceptors (Lipinski definition) is 4. The number of aromatic nitrogens is 1. The molecule has 0 aliphatic heterocycles. The summed E-state index contributed by atoms with van der Waals surface area (Å²) in [6.45, 7) is 9.48. The van der Waals surface area contributed by atoms with E-state index in [1.165, 1.54) is 13.2 Å². The molecule has 0 fully saturated rings. The standard InChI is InChI=1S/C19H27FN4OS/c1-6-21-19(22-10-15-11-26-18(24-15)12(2)3)23-13(4)14-7-8-17(25-5)16(20)9-14/h7-9,11-13H,6,10H2,1-5H3,(H2,21,22,23). The van der Waals surface area contributed by atoms with E-state index in [-0.39, 0.29) is 17.6 Å². The lowest BCUT2D eigenvalue weighted by molar-refractivity contribution is 0.386. The van der Waals surface area contributed by atoms with E-state index in [2.05, 4.69) is 34.5 Å². The lowest BCUT2D eigenvalue weighted by Gasteiger charge is -2.18. The first-order chi connectivity index (χ1) is 12.4. The molecule has 2 aromatic rings. The summed E-state index contributed by atoms with van der Waals surface area (Å²) in [5.74, 6) is 0.972. The molecule has 142 valence electrons. The second-order valence-electron chi connectivity index (χ2n) is 6.29. The Morgan fingerprint density at radius 3 is 2.69 bits per heavy atom. The van der Waals surface area contributed by atoms with Crippen LogP contribution in [0.1, 0.15) is 55.9 Å². The topological polar surface area (TPSA) is 58.5 Å². The van der Waals surface area contributed by atoms with Crippen molar-refractivity contribution in [1.82, 2.24) is 15.6 Å². The highest BCUT2D eigenvalue weighted by atomic mass is 32.1. The van der Waals surface area contributed by atoms with Crippen molar-refractivity contribution in [2.45, 2.75) is 46.2 Å². The van der Waals surface area contributed by atoms with E-state index >= 15 is 0 Å². The fourth-order valence-electron chi connectivity index (χ4n) is 2.38. The third-order valence-electron chi connectivity index (χ3n) is 3.84. The van der Waals surface area contributed by atoms with E-state index in [4.69, 9.17) is 4.74 Å². The van der Waals surface area contributed by atoms with Crippen molar-refractivity contribution in [3.63, 3.8) is 0 Å².